The van der Waals surface area contributed by atoms with Crippen LogP contribution in [0.15, 0.2) is 48.5 Å². The summed E-state index contributed by atoms with van der Waals surface area (Å²) in [5.74, 6) is -1.65. The Hall–Kier alpha value is -3.39. The zero-order valence-corrected chi connectivity index (χ0v) is 19.1. The Kier molecular flexibility index (Phi) is 7.17. The number of carboxylic acid groups (broad SMARTS) is 1. The molecule has 180 valence electrons. The van der Waals surface area contributed by atoms with E-state index in [2.05, 4.69) is 5.32 Å². The smallest absolute Gasteiger partial charge is 0.407 e. The van der Waals surface area contributed by atoms with Gasteiger partial charge in [-0.15, -0.1) is 0 Å². The maximum Gasteiger partial charge on any atom is 0.407 e. The molecule has 2 aromatic carbocycles. The average molecular weight is 467 g/mol. The lowest BCUT2D eigenvalue weighted by atomic mass is 9.92. The second-order valence-electron chi connectivity index (χ2n) is 9.02. The first-order valence-electron chi connectivity index (χ1n) is 11.6. The van der Waals surface area contributed by atoms with Crippen LogP contribution in [-0.4, -0.2) is 64.9 Å². The molecule has 2 atom stereocenters. The van der Waals surface area contributed by atoms with Gasteiger partial charge in [-0.2, -0.15) is 0 Å². The van der Waals surface area contributed by atoms with E-state index in [1.807, 2.05) is 48.5 Å². The summed E-state index contributed by atoms with van der Waals surface area (Å²) in [7, 11) is 0. The van der Waals surface area contributed by atoms with E-state index in [1.54, 1.807) is 11.8 Å². The maximum absolute atomic E-state index is 13.0. The summed E-state index contributed by atoms with van der Waals surface area (Å²) >= 11 is 0. The van der Waals surface area contributed by atoms with Crippen LogP contribution in [0.2, 0.25) is 0 Å². The van der Waals surface area contributed by atoms with Gasteiger partial charge in [-0.1, -0.05) is 48.5 Å². The van der Waals surface area contributed by atoms with Gasteiger partial charge in [-0.05, 0) is 47.9 Å². The number of amides is 2. The number of carbonyl (C=O) groups is 3. The number of piperidine rings is 1. The molecule has 1 unspecified atom stereocenters. The largest absolute Gasteiger partial charge is 0.481 e. The van der Waals surface area contributed by atoms with Crippen LogP contribution in [0.4, 0.5) is 4.79 Å². The molecular weight excluding hydrogens is 436 g/mol. The third-order valence-electron chi connectivity index (χ3n) is 6.85. The fourth-order valence-corrected chi connectivity index (χ4v) is 4.98. The van der Waals surface area contributed by atoms with E-state index in [-0.39, 0.29) is 18.4 Å². The molecule has 8 nitrogen and oxygen atoms in total. The first-order chi connectivity index (χ1) is 16.3. The van der Waals surface area contributed by atoms with Crippen molar-refractivity contribution in [3.8, 4) is 11.1 Å². The summed E-state index contributed by atoms with van der Waals surface area (Å²) in [5.41, 5.74) is 4.34. The number of fused-ring (bicyclic) bond motifs is 3. The van der Waals surface area contributed by atoms with Gasteiger partial charge in [0.25, 0.3) is 0 Å². The number of carbonyl (C=O) groups excluding carboxylic acids is 2. The maximum atomic E-state index is 13.0. The monoisotopic (exact) mass is 466 g/mol. The van der Waals surface area contributed by atoms with E-state index in [4.69, 9.17) is 4.74 Å². The standard InChI is InChI=1S/C26H30N2O6/c1-16(29)17-10-12-28(13-11-17)25(32)23(14-24(30)31)27-26(33)34-15-22-20-8-4-2-6-18(20)19-7-3-5-9-21(19)22/h2-9,16-17,22-23,29H,10-15H2,1H3,(H,27,33)(H,30,31)/t16-,23?/m0/s1. The Balaban J connectivity index is 1.39. The van der Waals surface area contributed by atoms with Crippen LogP contribution in [0.3, 0.4) is 0 Å². The second-order valence-corrected chi connectivity index (χ2v) is 9.02. The number of carboxylic acids is 1. The molecule has 1 saturated heterocycles. The average Bonchev–Trinajstić information content (AvgIpc) is 3.15. The molecule has 0 aromatic heterocycles. The molecule has 0 radical (unpaired) electrons. The lowest BCUT2D eigenvalue weighted by Gasteiger charge is -2.35. The van der Waals surface area contributed by atoms with Crippen LogP contribution in [0.5, 0.6) is 0 Å². The van der Waals surface area contributed by atoms with Crippen LogP contribution in [0, 0.1) is 5.92 Å². The van der Waals surface area contributed by atoms with Gasteiger partial charge in [0.1, 0.15) is 12.6 Å². The molecule has 0 spiro atoms. The molecule has 4 rings (SSSR count). The quantitative estimate of drug-likeness (QED) is 0.578. The Morgan fingerprint density at radius 3 is 2.12 bits per heavy atom. The molecule has 1 fully saturated rings. The molecule has 2 aromatic rings. The molecule has 34 heavy (non-hydrogen) atoms. The number of aliphatic carboxylic acids is 1. The molecule has 1 aliphatic heterocycles. The zero-order valence-electron chi connectivity index (χ0n) is 19.1. The summed E-state index contributed by atoms with van der Waals surface area (Å²) in [5, 5.41) is 21.5. The minimum Gasteiger partial charge on any atom is -0.481 e. The summed E-state index contributed by atoms with van der Waals surface area (Å²) in [6.45, 7) is 2.63. The number of rotatable bonds is 7. The van der Waals surface area contributed by atoms with Crippen molar-refractivity contribution in [3.63, 3.8) is 0 Å². The van der Waals surface area contributed by atoms with Crippen molar-refractivity contribution < 1.29 is 29.3 Å². The summed E-state index contributed by atoms with van der Waals surface area (Å²) < 4.78 is 5.49. The number of ether oxygens (including phenoxy) is 1. The predicted octanol–water partition coefficient (Wildman–Crippen LogP) is 2.99. The molecule has 0 saturated carbocycles. The lowest BCUT2D eigenvalue weighted by molar-refractivity contribution is -0.143. The number of hydrogen-bond acceptors (Lipinski definition) is 5. The van der Waals surface area contributed by atoms with Gasteiger partial charge in [-0.25, -0.2) is 4.79 Å². The minimum atomic E-state index is -1.21. The highest BCUT2D eigenvalue weighted by Crippen LogP contribution is 2.44. The zero-order chi connectivity index (χ0) is 24.2. The normalized spacial score (nSPS) is 17.4. The van der Waals surface area contributed by atoms with Crippen molar-refractivity contribution in [2.45, 2.75) is 44.2 Å². The fraction of sp³-hybridized carbons (Fsp3) is 0.423. The number of benzene rings is 2. The van der Waals surface area contributed by atoms with E-state index in [9.17, 15) is 24.6 Å². The van der Waals surface area contributed by atoms with E-state index < -0.39 is 36.5 Å². The Labute approximate surface area is 198 Å². The lowest BCUT2D eigenvalue weighted by Crippen LogP contribution is -2.52. The van der Waals surface area contributed by atoms with Crippen molar-refractivity contribution in [1.82, 2.24) is 10.2 Å². The predicted molar refractivity (Wildman–Crippen MR) is 125 cm³/mol. The Bertz CT molecular complexity index is 1020. The highest BCUT2D eigenvalue weighted by Gasteiger charge is 2.33. The van der Waals surface area contributed by atoms with Crippen LogP contribution in [0.1, 0.15) is 43.2 Å². The van der Waals surface area contributed by atoms with Crippen molar-refractivity contribution in [1.29, 1.82) is 0 Å². The van der Waals surface area contributed by atoms with Gasteiger partial charge >= 0.3 is 12.1 Å². The van der Waals surface area contributed by atoms with Crippen molar-refractivity contribution in [3.05, 3.63) is 59.7 Å². The number of nitrogens with one attached hydrogen (secondary N) is 1. The highest BCUT2D eigenvalue weighted by molar-refractivity contribution is 5.89. The first kappa shape index (κ1) is 23.8. The van der Waals surface area contributed by atoms with E-state index in [0.717, 1.165) is 22.3 Å². The van der Waals surface area contributed by atoms with Gasteiger partial charge < -0.3 is 25.2 Å². The molecule has 3 N–H and O–H groups in total. The Morgan fingerprint density at radius 2 is 1.59 bits per heavy atom. The third kappa shape index (κ3) is 5.07. The van der Waals surface area contributed by atoms with Gasteiger partial charge in [0.15, 0.2) is 0 Å². The van der Waals surface area contributed by atoms with Gasteiger partial charge in [0.2, 0.25) is 5.91 Å². The Morgan fingerprint density at radius 1 is 1.03 bits per heavy atom. The number of alkyl carbamates (subject to hydrolysis) is 1. The molecular formula is C26H30N2O6. The molecule has 1 heterocycles. The first-order valence-corrected chi connectivity index (χ1v) is 11.6. The van der Waals surface area contributed by atoms with Crippen molar-refractivity contribution in [2.75, 3.05) is 19.7 Å². The number of likely N-dealkylation sites (tertiary alicyclic amines) is 1. The summed E-state index contributed by atoms with van der Waals surface area (Å²) in [4.78, 5) is 38.5. The van der Waals surface area contributed by atoms with E-state index in [1.165, 1.54) is 0 Å². The van der Waals surface area contributed by atoms with Crippen LogP contribution in [-0.2, 0) is 14.3 Å². The minimum absolute atomic E-state index is 0.0770. The molecule has 1 aliphatic carbocycles. The second kappa shape index (κ2) is 10.3. The highest BCUT2D eigenvalue weighted by atomic mass is 16.5. The number of hydrogen-bond donors (Lipinski definition) is 3. The van der Waals surface area contributed by atoms with Crippen LogP contribution < -0.4 is 5.32 Å². The van der Waals surface area contributed by atoms with Crippen LogP contribution >= 0.6 is 0 Å². The number of nitrogens with zero attached hydrogens (tertiary/aromatic N) is 1. The summed E-state index contributed by atoms with van der Waals surface area (Å²) in [6.07, 6.45) is -0.534. The van der Waals surface area contributed by atoms with Gasteiger partial charge in [0, 0.05) is 19.0 Å². The number of aliphatic hydroxyl groups is 1. The van der Waals surface area contributed by atoms with Gasteiger partial charge in [-0.3, -0.25) is 9.59 Å². The van der Waals surface area contributed by atoms with Crippen LogP contribution in [0.25, 0.3) is 11.1 Å². The topological polar surface area (TPSA) is 116 Å². The summed E-state index contributed by atoms with van der Waals surface area (Å²) in [6, 6.07) is 14.7. The van der Waals surface area contributed by atoms with E-state index >= 15 is 0 Å². The van der Waals surface area contributed by atoms with Crippen molar-refractivity contribution >= 4 is 18.0 Å². The van der Waals surface area contributed by atoms with E-state index in [0.29, 0.717) is 25.9 Å². The SMILES string of the molecule is C[C@H](O)C1CCN(C(=O)C(CC(=O)O)NC(=O)OCC2c3ccccc3-c3ccccc32)CC1. The number of aliphatic hydroxyl groups excluding tert-OH is 1. The third-order valence-corrected chi connectivity index (χ3v) is 6.85. The molecule has 8 heteroatoms. The van der Waals surface area contributed by atoms with Crippen molar-refractivity contribution in [2.24, 2.45) is 5.92 Å². The van der Waals surface area contributed by atoms with Gasteiger partial charge in [0.05, 0.1) is 12.5 Å². The molecule has 0 bridgehead atoms. The fourth-order valence-electron chi connectivity index (χ4n) is 4.98. The molecule has 2 aliphatic rings. The molecule has 2 amide bonds.